The van der Waals surface area contributed by atoms with E-state index in [4.69, 9.17) is 0 Å². The molecule has 2 heterocycles. The molecule has 0 spiro atoms. The van der Waals surface area contributed by atoms with Crippen molar-refractivity contribution in [2.45, 2.75) is 46.1 Å². The number of fused-ring (bicyclic) bond motifs is 1. The zero-order valence-corrected chi connectivity index (χ0v) is 16.0. The quantitative estimate of drug-likeness (QED) is 0.779. The van der Waals surface area contributed by atoms with E-state index in [9.17, 15) is 8.42 Å². The van der Waals surface area contributed by atoms with E-state index >= 15 is 0 Å². The monoisotopic (exact) mass is 357 g/mol. The van der Waals surface area contributed by atoms with Gasteiger partial charge in [-0.15, -0.1) is 0 Å². The number of hydrogen-bond acceptors (Lipinski definition) is 3. The number of aromatic nitrogens is 2. The van der Waals surface area contributed by atoms with Gasteiger partial charge in [0.25, 0.3) is 0 Å². The Morgan fingerprint density at radius 3 is 2.32 bits per heavy atom. The highest BCUT2D eigenvalue weighted by molar-refractivity contribution is 7.89. The van der Waals surface area contributed by atoms with Gasteiger partial charge in [-0.1, -0.05) is 6.07 Å². The molecule has 0 fully saturated rings. The minimum absolute atomic E-state index is 0.162. The first-order chi connectivity index (χ1) is 11.7. The molecule has 0 saturated heterocycles. The number of benzene rings is 1. The van der Waals surface area contributed by atoms with Crippen LogP contribution in [-0.4, -0.2) is 17.8 Å². The minimum Gasteiger partial charge on any atom is -0.307 e. The topological polar surface area (TPSA) is 63.5 Å². The van der Waals surface area contributed by atoms with Gasteiger partial charge in [0.05, 0.1) is 17.1 Å². The van der Waals surface area contributed by atoms with Crippen LogP contribution in [0.3, 0.4) is 0 Å². The summed E-state index contributed by atoms with van der Waals surface area (Å²) in [6, 6.07) is 5.98. The summed E-state index contributed by atoms with van der Waals surface area (Å²) in [5.41, 5.74) is 6.16. The molecule has 6 heteroatoms. The number of rotatable bonds is 4. The molecule has 1 N–H and O–H groups in total. The summed E-state index contributed by atoms with van der Waals surface area (Å²) in [5.74, 6) is 0. The number of pyridine rings is 1. The predicted molar refractivity (Wildman–Crippen MR) is 99.3 cm³/mol. The lowest BCUT2D eigenvalue weighted by Crippen LogP contribution is -2.25. The third kappa shape index (κ3) is 3.32. The first kappa shape index (κ1) is 17.6. The Bertz CT molecular complexity index is 1040. The Kier molecular flexibility index (Phi) is 4.43. The summed E-state index contributed by atoms with van der Waals surface area (Å²) >= 11 is 0. The first-order valence-corrected chi connectivity index (χ1v) is 9.68. The third-order valence-electron chi connectivity index (χ3n) is 4.67. The van der Waals surface area contributed by atoms with Crippen LogP contribution in [0, 0.1) is 34.6 Å². The van der Waals surface area contributed by atoms with Crippen LogP contribution in [0.1, 0.15) is 33.5 Å². The Balaban J connectivity index is 1.91. The second-order valence-electron chi connectivity index (χ2n) is 6.62. The van der Waals surface area contributed by atoms with E-state index < -0.39 is 10.0 Å². The van der Waals surface area contributed by atoms with Gasteiger partial charge in [-0.05, 0) is 74.6 Å². The fraction of sp³-hybridized carbons (Fsp3) is 0.316. The molecule has 0 aliphatic heterocycles. The summed E-state index contributed by atoms with van der Waals surface area (Å²) in [6.07, 6.45) is 3.77. The molecular formula is C19H23N3O2S. The predicted octanol–water partition coefficient (Wildman–Crippen LogP) is 3.35. The van der Waals surface area contributed by atoms with Gasteiger partial charge in [0.1, 0.15) is 5.65 Å². The van der Waals surface area contributed by atoms with E-state index in [1.807, 2.05) is 69.6 Å². The van der Waals surface area contributed by atoms with Crippen molar-refractivity contribution in [3.63, 3.8) is 0 Å². The number of sulfonamides is 1. The van der Waals surface area contributed by atoms with Crippen LogP contribution in [0.2, 0.25) is 0 Å². The standard InChI is InChI=1S/C19H23N3O2S/c1-12-6-7-22-11-17(21-18(22)8-12)10-20-25(23,24)19-15(4)13(2)9-14(3)16(19)5/h6-9,11,20H,10H2,1-5H3. The van der Waals surface area contributed by atoms with Crippen molar-refractivity contribution in [2.75, 3.05) is 0 Å². The normalized spacial score (nSPS) is 12.0. The molecule has 0 saturated carbocycles. The molecule has 0 unspecified atom stereocenters. The number of nitrogens with one attached hydrogen (secondary N) is 1. The van der Waals surface area contributed by atoms with E-state index in [-0.39, 0.29) is 6.54 Å². The smallest absolute Gasteiger partial charge is 0.241 e. The maximum Gasteiger partial charge on any atom is 0.241 e. The lowest BCUT2D eigenvalue weighted by molar-refractivity contribution is 0.579. The molecule has 5 nitrogen and oxygen atoms in total. The van der Waals surface area contributed by atoms with E-state index in [1.165, 1.54) is 0 Å². The number of aryl methyl sites for hydroxylation is 3. The summed E-state index contributed by atoms with van der Waals surface area (Å²) < 4.78 is 30.3. The van der Waals surface area contributed by atoms with Gasteiger partial charge in [0, 0.05) is 12.4 Å². The van der Waals surface area contributed by atoms with E-state index in [0.717, 1.165) is 33.5 Å². The van der Waals surface area contributed by atoms with Crippen molar-refractivity contribution < 1.29 is 8.42 Å². The van der Waals surface area contributed by atoms with E-state index in [2.05, 4.69) is 9.71 Å². The second-order valence-corrected chi connectivity index (χ2v) is 8.32. The fourth-order valence-electron chi connectivity index (χ4n) is 3.05. The van der Waals surface area contributed by atoms with Crippen LogP contribution >= 0.6 is 0 Å². The zero-order valence-electron chi connectivity index (χ0n) is 15.2. The van der Waals surface area contributed by atoms with Crippen LogP contribution in [0.4, 0.5) is 0 Å². The Hall–Kier alpha value is -2.18. The number of imidazole rings is 1. The Morgan fingerprint density at radius 2 is 1.68 bits per heavy atom. The van der Waals surface area contributed by atoms with Crippen molar-refractivity contribution in [1.82, 2.24) is 14.1 Å². The van der Waals surface area contributed by atoms with Crippen molar-refractivity contribution in [2.24, 2.45) is 0 Å². The van der Waals surface area contributed by atoms with Crippen LogP contribution in [0.15, 0.2) is 35.5 Å². The largest absolute Gasteiger partial charge is 0.307 e. The molecule has 0 aliphatic rings. The molecule has 0 amide bonds. The van der Waals surface area contributed by atoms with Crippen LogP contribution in [0.25, 0.3) is 5.65 Å². The molecule has 0 bridgehead atoms. The van der Waals surface area contributed by atoms with Gasteiger partial charge in [0.15, 0.2) is 0 Å². The van der Waals surface area contributed by atoms with Crippen molar-refractivity contribution in [1.29, 1.82) is 0 Å². The van der Waals surface area contributed by atoms with Gasteiger partial charge in [-0.25, -0.2) is 18.1 Å². The molecule has 132 valence electrons. The zero-order chi connectivity index (χ0) is 18.4. The molecule has 3 aromatic rings. The molecule has 25 heavy (non-hydrogen) atoms. The van der Waals surface area contributed by atoms with Gasteiger partial charge >= 0.3 is 0 Å². The van der Waals surface area contributed by atoms with Gasteiger partial charge in [-0.3, -0.25) is 0 Å². The minimum atomic E-state index is -3.61. The van der Waals surface area contributed by atoms with E-state index in [0.29, 0.717) is 10.6 Å². The maximum absolute atomic E-state index is 12.9. The number of hydrogen-bond donors (Lipinski definition) is 1. The maximum atomic E-state index is 12.9. The van der Waals surface area contributed by atoms with Gasteiger partial charge in [-0.2, -0.15) is 0 Å². The Morgan fingerprint density at radius 1 is 1.04 bits per heavy atom. The molecule has 0 aliphatic carbocycles. The molecular weight excluding hydrogens is 334 g/mol. The summed E-state index contributed by atoms with van der Waals surface area (Å²) in [7, 11) is -3.61. The summed E-state index contributed by atoms with van der Waals surface area (Å²) in [5, 5.41) is 0. The molecule has 2 aromatic heterocycles. The molecule has 0 atom stereocenters. The van der Waals surface area contributed by atoms with Crippen molar-refractivity contribution in [3.8, 4) is 0 Å². The van der Waals surface area contributed by atoms with Crippen LogP contribution in [0.5, 0.6) is 0 Å². The number of nitrogens with zero attached hydrogens (tertiary/aromatic N) is 2. The Labute approximate surface area is 148 Å². The molecule has 1 aromatic carbocycles. The highest BCUT2D eigenvalue weighted by atomic mass is 32.2. The van der Waals surface area contributed by atoms with Crippen LogP contribution in [-0.2, 0) is 16.6 Å². The lowest BCUT2D eigenvalue weighted by Gasteiger charge is -2.15. The molecule has 0 radical (unpaired) electrons. The van der Waals surface area contributed by atoms with Crippen LogP contribution < -0.4 is 4.72 Å². The lowest BCUT2D eigenvalue weighted by atomic mass is 10.0. The average Bonchev–Trinajstić information content (AvgIpc) is 2.93. The average molecular weight is 357 g/mol. The fourth-order valence-corrected chi connectivity index (χ4v) is 4.66. The highest BCUT2D eigenvalue weighted by Crippen LogP contribution is 2.26. The molecule has 3 rings (SSSR count). The van der Waals surface area contributed by atoms with Gasteiger partial charge in [0.2, 0.25) is 10.0 Å². The first-order valence-electron chi connectivity index (χ1n) is 8.20. The third-order valence-corrected chi connectivity index (χ3v) is 6.35. The highest BCUT2D eigenvalue weighted by Gasteiger charge is 2.22. The summed E-state index contributed by atoms with van der Waals surface area (Å²) in [6.45, 7) is 9.74. The van der Waals surface area contributed by atoms with E-state index in [1.54, 1.807) is 0 Å². The second kappa shape index (κ2) is 6.28. The van der Waals surface area contributed by atoms with Gasteiger partial charge < -0.3 is 4.40 Å². The summed E-state index contributed by atoms with van der Waals surface area (Å²) in [4.78, 5) is 4.87. The van der Waals surface area contributed by atoms with Crippen molar-refractivity contribution >= 4 is 15.7 Å². The van der Waals surface area contributed by atoms with Crippen molar-refractivity contribution in [3.05, 3.63) is 64.1 Å². The SMILES string of the molecule is Cc1ccn2cc(CNS(=O)(=O)c3c(C)c(C)cc(C)c3C)nc2c1.